The summed E-state index contributed by atoms with van der Waals surface area (Å²) in [5, 5.41) is 5.69. The van der Waals surface area contributed by atoms with Gasteiger partial charge in [0.15, 0.2) is 0 Å². The number of carbonyl (C=O) groups excluding carboxylic acids is 2. The molecule has 1 saturated heterocycles. The van der Waals surface area contributed by atoms with Crippen LogP contribution >= 0.6 is 0 Å². The van der Waals surface area contributed by atoms with Gasteiger partial charge in [-0.05, 0) is 50.3 Å². The van der Waals surface area contributed by atoms with Gasteiger partial charge in [0.2, 0.25) is 0 Å². The normalized spacial score (nSPS) is 25.5. The van der Waals surface area contributed by atoms with E-state index in [1.807, 2.05) is 6.92 Å². The van der Waals surface area contributed by atoms with Crippen molar-refractivity contribution in [1.29, 1.82) is 0 Å². The van der Waals surface area contributed by atoms with Crippen molar-refractivity contribution in [2.75, 3.05) is 26.0 Å². The number of rotatable bonds is 4. The van der Waals surface area contributed by atoms with E-state index in [0.717, 1.165) is 19.3 Å². The largest absolute Gasteiger partial charge is 0.375 e. The van der Waals surface area contributed by atoms with E-state index in [2.05, 4.69) is 10.6 Å². The third-order valence-electron chi connectivity index (χ3n) is 4.86. The number of halogens is 1. The predicted octanol–water partition coefficient (Wildman–Crippen LogP) is 2.61. The van der Waals surface area contributed by atoms with Crippen LogP contribution in [0.2, 0.25) is 0 Å². The van der Waals surface area contributed by atoms with Gasteiger partial charge < -0.3 is 20.3 Å². The van der Waals surface area contributed by atoms with E-state index in [0.29, 0.717) is 18.2 Å². The van der Waals surface area contributed by atoms with Crippen LogP contribution < -0.4 is 10.6 Å². The van der Waals surface area contributed by atoms with Gasteiger partial charge in [-0.3, -0.25) is 4.79 Å². The van der Waals surface area contributed by atoms with Gasteiger partial charge in [0.05, 0.1) is 17.2 Å². The summed E-state index contributed by atoms with van der Waals surface area (Å²) in [6.45, 7) is 2.63. The molecule has 1 aromatic carbocycles. The second-order valence-electron chi connectivity index (χ2n) is 7.27. The molecule has 0 aromatic heterocycles. The number of nitrogens with zero attached hydrogens (tertiary/aromatic N) is 1. The first-order valence-electron chi connectivity index (χ1n) is 8.52. The molecule has 0 radical (unpaired) electrons. The highest BCUT2D eigenvalue weighted by Gasteiger charge is 2.49. The van der Waals surface area contributed by atoms with E-state index < -0.39 is 17.3 Å². The molecule has 0 bridgehead atoms. The van der Waals surface area contributed by atoms with Crippen molar-refractivity contribution in [2.24, 2.45) is 5.92 Å². The van der Waals surface area contributed by atoms with Crippen LogP contribution in [0.3, 0.4) is 0 Å². The van der Waals surface area contributed by atoms with Crippen LogP contribution in [0.1, 0.15) is 36.5 Å². The van der Waals surface area contributed by atoms with E-state index in [-0.39, 0.29) is 17.7 Å². The molecule has 1 saturated carbocycles. The Labute approximate surface area is 146 Å². The summed E-state index contributed by atoms with van der Waals surface area (Å²) >= 11 is 0. The third kappa shape index (κ3) is 3.76. The van der Waals surface area contributed by atoms with Gasteiger partial charge in [-0.1, -0.05) is 0 Å². The summed E-state index contributed by atoms with van der Waals surface area (Å²) in [5.74, 6) is -0.552. The number of amides is 3. The minimum absolute atomic E-state index is 0.0392. The molecule has 0 spiro atoms. The van der Waals surface area contributed by atoms with E-state index in [4.69, 9.17) is 4.74 Å². The van der Waals surface area contributed by atoms with Crippen molar-refractivity contribution in [3.05, 3.63) is 29.6 Å². The Kier molecular flexibility index (Phi) is 4.69. The summed E-state index contributed by atoms with van der Waals surface area (Å²) in [6.07, 6.45) is 3.07. The standard InChI is InChI=1S/C18H24FN3O3/c1-18(8-9-25-15(18)11-4-5-11)21-17(24)20-12-6-7-14(19)13(10-12)16(23)22(2)3/h6-7,10-11,15H,4-5,8-9H2,1-3H3,(H2,20,21,24)/t15-,18-/m1/s1. The van der Waals surface area contributed by atoms with E-state index in [9.17, 15) is 14.0 Å². The second-order valence-corrected chi connectivity index (χ2v) is 7.27. The molecule has 2 N–H and O–H groups in total. The number of benzene rings is 1. The maximum atomic E-state index is 13.9. The van der Waals surface area contributed by atoms with Gasteiger partial charge in [-0.2, -0.15) is 0 Å². The Balaban J connectivity index is 1.69. The Hall–Kier alpha value is -2.15. The number of nitrogens with one attached hydrogen (secondary N) is 2. The summed E-state index contributed by atoms with van der Waals surface area (Å²) < 4.78 is 19.7. The lowest BCUT2D eigenvalue weighted by Gasteiger charge is -2.31. The topological polar surface area (TPSA) is 70.7 Å². The molecule has 0 unspecified atom stereocenters. The monoisotopic (exact) mass is 349 g/mol. The molecule has 2 aliphatic rings. The zero-order valence-corrected chi connectivity index (χ0v) is 14.8. The lowest BCUT2D eigenvalue weighted by Crippen LogP contribution is -2.53. The minimum atomic E-state index is -0.616. The molecule has 3 amide bonds. The maximum Gasteiger partial charge on any atom is 0.319 e. The Morgan fingerprint density at radius 2 is 2.04 bits per heavy atom. The molecule has 25 heavy (non-hydrogen) atoms. The predicted molar refractivity (Wildman–Crippen MR) is 92.1 cm³/mol. The summed E-state index contributed by atoms with van der Waals surface area (Å²) in [4.78, 5) is 25.7. The van der Waals surface area contributed by atoms with Gasteiger partial charge in [-0.15, -0.1) is 0 Å². The Bertz CT molecular complexity index is 690. The van der Waals surface area contributed by atoms with Gasteiger partial charge in [0, 0.05) is 26.4 Å². The number of anilines is 1. The van der Waals surface area contributed by atoms with Crippen molar-refractivity contribution in [3.8, 4) is 0 Å². The quantitative estimate of drug-likeness (QED) is 0.878. The van der Waals surface area contributed by atoms with E-state index in [1.54, 1.807) is 14.1 Å². The molecule has 1 heterocycles. The molecular formula is C18H24FN3O3. The lowest BCUT2D eigenvalue weighted by molar-refractivity contribution is 0.0597. The fourth-order valence-corrected chi connectivity index (χ4v) is 3.34. The smallest absolute Gasteiger partial charge is 0.319 e. The molecule has 1 aliphatic heterocycles. The molecule has 2 fully saturated rings. The van der Waals surface area contributed by atoms with Crippen molar-refractivity contribution >= 4 is 17.6 Å². The number of hydrogen-bond acceptors (Lipinski definition) is 3. The van der Waals surface area contributed by atoms with Gasteiger partial charge in [0.1, 0.15) is 5.82 Å². The Morgan fingerprint density at radius 1 is 1.32 bits per heavy atom. The van der Waals surface area contributed by atoms with Crippen LogP contribution in [0.25, 0.3) is 0 Å². The fraction of sp³-hybridized carbons (Fsp3) is 0.556. The van der Waals surface area contributed by atoms with Crippen LogP contribution in [0.5, 0.6) is 0 Å². The number of urea groups is 1. The van der Waals surface area contributed by atoms with Crippen molar-refractivity contribution in [1.82, 2.24) is 10.2 Å². The second kappa shape index (κ2) is 6.63. The van der Waals surface area contributed by atoms with E-state index in [1.165, 1.54) is 23.1 Å². The highest BCUT2D eigenvalue weighted by Crippen LogP contribution is 2.43. The highest BCUT2D eigenvalue weighted by molar-refractivity contribution is 5.97. The van der Waals surface area contributed by atoms with Crippen molar-refractivity contribution < 1.29 is 18.7 Å². The van der Waals surface area contributed by atoms with Crippen LogP contribution in [0.15, 0.2) is 18.2 Å². The molecule has 1 aromatic rings. The summed E-state index contributed by atoms with van der Waals surface area (Å²) in [5.41, 5.74) is -0.114. The molecule has 136 valence electrons. The van der Waals surface area contributed by atoms with Crippen molar-refractivity contribution in [3.63, 3.8) is 0 Å². The maximum absolute atomic E-state index is 13.9. The zero-order chi connectivity index (χ0) is 18.2. The van der Waals surface area contributed by atoms with Crippen LogP contribution in [-0.4, -0.2) is 49.2 Å². The lowest BCUT2D eigenvalue weighted by atomic mass is 9.90. The third-order valence-corrected chi connectivity index (χ3v) is 4.86. The van der Waals surface area contributed by atoms with E-state index >= 15 is 0 Å². The molecule has 6 nitrogen and oxygen atoms in total. The summed E-state index contributed by atoms with van der Waals surface area (Å²) in [6, 6.07) is 3.59. The fourth-order valence-electron chi connectivity index (χ4n) is 3.34. The Morgan fingerprint density at radius 3 is 2.68 bits per heavy atom. The van der Waals surface area contributed by atoms with Crippen LogP contribution in [-0.2, 0) is 4.74 Å². The summed E-state index contributed by atoms with van der Waals surface area (Å²) in [7, 11) is 3.10. The van der Waals surface area contributed by atoms with Gasteiger partial charge in [0.25, 0.3) is 5.91 Å². The number of ether oxygens (including phenoxy) is 1. The van der Waals surface area contributed by atoms with Gasteiger partial charge >= 0.3 is 6.03 Å². The average molecular weight is 349 g/mol. The number of carbonyl (C=O) groups is 2. The van der Waals surface area contributed by atoms with Crippen LogP contribution in [0.4, 0.5) is 14.9 Å². The number of hydrogen-bond donors (Lipinski definition) is 2. The SMILES string of the molecule is CN(C)C(=O)c1cc(NC(=O)N[C@]2(C)CCO[C@@H]2C2CC2)ccc1F. The molecule has 3 rings (SSSR count). The zero-order valence-electron chi connectivity index (χ0n) is 14.8. The average Bonchev–Trinajstić information content (AvgIpc) is 3.31. The molecule has 1 aliphatic carbocycles. The molecule has 2 atom stereocenters. The van der Waals surface area contributed by atoms with Crippen LogP contribution in [0, 0.1) is 11.7 Å². The molecule has 7 heteroatoms. The first kappa shape index (κ1) is 17.7. The first-order chi connectivity index (χ1) is 11.8. The molecular weight excluding hydrogens is 325 g/mol. The van der Waals surface area contributed by atoms with Gasteiger partial charge in [-0.25, -0.2) is 9.18 Å². The minimum Gasteiger partial charge on any atom is -0.375 e. The van der Waals surface area contributed by atoms with Crippen molar-refractivity contribution in [2.45, 2.75) is 37.8 Å². The first-order valence-corrected chi connectivity index (χ1v) is 8.52. The highest BCUT2D eigenvalue weighted by atomic mass is 19.1.